The van der Waals surface area contributed by atoms with Crippen LogP contribution in [0.25, 0.3) is 0 Å². The van der Waals surface area contributed by atoms with Crippen molar-refractivity contribution >= 4 is 34.8 Å². The number of rotatable bonds is 4. The number of nitrogens with one attached hydrogen (secondary N) is 1. The van der Waals surface area contributed by atoms with Crippen LogP contribution < -0.4 is 15.0 Å². The third-order valence-electron chi connectivity index (χ3n) is 4.39. The number of methoxy groups -OCH3 is 1. The molecule has 25 heavy (non-hydrogen) atoms. The first kappa shape index (κ1) is 17.3. The molecule has 1 aliphatic rings. The van der Waals surface area contributed by atoms with Crippen LogP contribution in [0.3, 0.4) is 0 Å². The smallest absolute Gasteiger partial charge is 0.247 e. The first-order valence-electron chi connectivity index (χ1n) is 8.03. The van der Waals surface area contributed by atoms with E-state index in [0.29, 0.717) is 35.0 Å². The molecule has 0 bridgehead atoms. The van der Waals surface area contributed by atoms with Gasteiger partial charge in [-0.1, -0.05) is 17.7 Å². The van der Waals surface area contributed by atoms with Crippen LogP contribution >= 0.6 is 11.6 Å². The Morgan fingerprint density at radius 3 is 2.64 bits per heavy atom. The van der Waals surface area contributed by atoms with Gasteiger partial charge in [-0.3, -0.25) is 14.5 Å². The molecule has 2 aromatic carbocycles. The molecule has 1 saturated heterocycles. The molecule has 5 nitrogen and oxygen atoms in total. The van der Waals surface area contributed by atoms with Gasteiger partial charge in [0.15, 0.2) is 0 Å². The Labute approximate surface area is 151 Å². The predicted molar refractivity (Wildman–Crippen MR) is 98.3 cm³/mol. The number of amides is 2. The summed E-state index contributed by atoms with van der Waals surface area (Å²) in [6.07, 6.45) is 0.828. The van der Waals surface area contributed by atoms with Gasteiger partial charge in [0, 0.05) is 22.8 Å². The Hall–Kier alpha value is -2.53. The third-order valence-corrected chi connectivity index (χ3v) is 4.80. The highest BCUT2D eigenvalue weighted by atomic mass is 35.5. The van der Waals surface area contributed by atoms with Gasteiger partial charge < -0.3 is 10.1 Å². The van der Waals surface area contributed by atoms with E-state index < -0.39 is 6.04 Å². The van der Waals surface area contributed by atoms with Crippen LogP contribution in [0.1, 0.15) is 18.4 Å². The Morgan fingerprint density at radius 1 is 1.24 bits per heavy atom. The number of nitrogens with zero attached hydrogens (tertiary/aromatic N) is 1. The summed E-state index contributed by atoms with van der Waals surface area (Å²) in [5.41, 5.74) is 2.15. The number of benzene rings is 2. The molecule has 2 aromatic rings. The Bertz CT molecular complexity index is 805. The second kappa shape index (κ2) is 7.15. The molecule has 1 atom stereocenters. The molecule has 0 saturated carbocycles. The molecule has 1 heterocycles. The van der Waals surface area contributed by atoms with Crippen LogP contribution in [-0.4, -0.2) is 25.0 Å². The normalized spacial score (nSPS) is 16.8. The molecule has 6 heteroatoms. The molecule has 1 N–H and O–H groups in total. The monoisotopic (exact) mass is 358 g/mol. The number of halogens is 1. The van der Waals surface area contributed by atoms with Gasteiger partial charge in [-0.25, -0.2) is 0 Å². The molecule has 2 amide bonds. The van der Waals surface area contributed by atoms with E-state index in [1.807, 2.05) is 6.92 Å². The molecule has 1 fully saturated rings. The van der Waals surface area contributed by atoms with Crippen molar-refractivity contribution in [2.75, 3.05) is 17.3 Å². The zero-order chi connectivity index (χ0) is 18.0. The van der Waals surface area contributed by atoms with E-state index in [4.69, 9.17) is 16.3 Å². The Balaban J connectivity index is 1.83. The number of ether oxygens (including phenoxy) is 1. The summed E-state index contributed by atoms with van der Waals surface area (Å²) < 4.78 is 5.14. The number of carbonyl (C=O) groups is 2. The zero-order valence-electron chi connectivity index (χ0n) is 14.1. The van der Waals surface area contributed by atoms with E-state index in [9.17, 15) is 9.59 Å². The second-order valence-corrected chi connectivity index (χ2v) is 6.33. The second-order valence-electron chi connectivity index (χ2n) is 5.92. The maximum absolute atomic E-state index is 12.8. The minimum Gasteiger partial charge on any atom is -0.497 e. The van der Waals surface area contributed by atoms with E-state index in [2.05, 4.69) is 5.32 Å². The van der Waals surface area contributed by atoms with Gasteiger partial charge in [0.25, 0.3) is 0 Å². The largest absolute Gasteiger partial charge is 0.497 e. The van der Waals surface area contributed by atoms with Crippen molar-refractivity contribution in [2.24, 2.45) is 0 Å². The number of hydrogen-bond donors (Lipinski definition) is 1. The molecule has 0 spiro atoms. The van der Waals surface area contributed by atoms with Gasteiger partial charge in [0.2, 0.25) is 11.8 Å². The van der Waals surface area contributed by atoms with Gasteiger partial charge >= 0.3 is 0 Å². The molecule has 0 aliphatic carbocycles. The van der Waals surface area contributed by atoms with Crippen LogP contribution in [0.5, 0.6) is 5.75 Å². The Morgan fingerprint density at radius 2 is 1.96 bits per heavy atom. The van der Waals surface area contributed by atoms with Crippen LogP contribution in [0.2, 0.25) is 5.02 Å². The predicted octanol–water partition coefficient (Wildman–Crippen LogP) is 3.79. The maximum atomic E-state index is 12.8. The lowest BCUT2D eigenvalue weighted by Crippen LogP contribution is -2.41. The summed E-state index contributed by atoms with van der Waals surface area (Å²) in [7, 11) is 1.58. The molecule has 3 rings (SSSR count). The van der Waals surface area contributed by atoms with E-state index >= 15 is 0 Å². The van der Waals surface area contributed by atoms with Gasteiger partial charge in [0.1, 0.15) is 11.8 Å². The molecule has 0 aromatic heterocycles. The summed E-state index contributed by atoms with van der Waals surface area (Å²) in [5, 5.41) is 3.48. The van der Waals surface area contributed by atoms with E-state index in [1.54, 1.807) is 54.5 Å². The van der Waals surface area contributed by atoms with E-state index in [0.717, 1.165) is 5.56 Å². The highest BCUT2D eigenvalue weighted by Crippen LogP contribution is 2.30. The summed E-state index contributed by atoms with van der Waals surface area (Å²) in [5.74, 6) is 0.422. The average molecular weight is 359 g/mol. The van der Waals surface area contributed by atoms with E-state index in [-0.39, 0.29) is 11.8 Å². The number of carbonyl (C=O) groups excluding carboxylic acids is 2. The van der Waals surface area contributed by atoms with Gasteiger partial charge in [-0.15, -0.1) is 0 Å². The van der Waals surface area contributed by atoms with E-state index in [1.165, 1.54) is 0 Å². The van der Waals surface area contributed by atoms with Gasteiger partial charge in [0.05, 0.1) is 7.11 Å². The van der Waals surface area contributed by atoms with Crippen LogP contribution in [0.4, 0.5) is 11.4 Å². The van der Waals surface area contributed by atoms with Crippen molar-refractivity contribution in [1.29, 1.82) is 0 Å². The van der Waals surface area contributed by atoms with Crippen molar-refractivity contribution in [3.8, 4) is 5.75 Å². The Kier molecular flexibility index (Phi) is 4.95. The highest BCUT2D eigenvalue weighted by Gasteiger charge is 2.37. The van der Waals surface area contributed by atoms with Crippen molar-refractivity contribution in [1.82, 2.24) is 0 Å². The summed E-state index contributed by atoms with van der Waals surface area (Å²) in [6.45, 7) is 1.85. The molecule has 130 valence electrons. The number of hydrogen-bond acceptors (Lipinski definition) is 3. The summed E-state index contributed by atoms with van der Waals surface area (Å²) in [4.78, 5) is 26.6. The molecular formula is C19H19ClN2O3. The fourth-order valence-electron chi connectivity index (χ4n) is 2.96. The fraction of sp³-hybridized carbons (Fsp3) is 0.263. The van der Waals surface area contributed by atoms with Crippen molar-refractivity contribution in [3.63, 3.8) is 0 Å². The fourth-order valence-corrected chi connectivity index (χ4v) is 3.13. The van der Waals surface area contributed by atoms with Crippen LogP contribution in [0.15, 0.2) is 42.5 Å². The SMILES string of the molecule is COc1ccc(N2C(=O)CCC2C(=O)Nc2cccc(Cl)c2C)cc1. The third kappa shape index (κ3) is 3.46. The van der Waals surface area contributed by atoms with Crippen LogP contribution in [0, 0.1) is 6.92 Å². The van der Waals surface area contributed by atoms with Gasteiger partial charge in [-0.05, 0) is 55.3 Å². The standard InChI is InChI=1S/C19H19ClN2O3/c1-12-15(20)4-3-5-16(12)21-19(24)17-10-11-18(23)22(17)13-6-8-14(25-2)9-7-13/h3-9,17H,10-11H2,1-2H3,(H,21,24). The lowest BCUT2D eigenvalue weighted by Gasteiger charge is -2.24. The highest BCUT2D eigenvalue weighted by molar-refractivity contribution is 6.31. The minimum absolute atomic E-state index is 0.0619. The van der Waals surface area contributed by atoms with Crippen molar-refractivity contribution in [2.45, 2.75) is 25.8 Å². The van der Waals surface area contributed by atoms with Gasteiger partial charge in [-0.2, -0.15) is 0 Å². The molecule has 1 unspecified atom stereocenters. The number of anilines is 2. The first-order valence-corrected chi connectivity index (χ1v) is 8.41. The first-order chi connectivity index (χ1) is 12.0. The summed E-state index contributed by atoms with van der Waals surface area (Å²) >= 11 is 6.11. The lowest BCUT2D eigenvalue weighted by molar-refractivity contribution is -0.120. The summed E-state index contributed by atoms with van der Waals surface area (Å²) in [6, 6.07) is 11.9. The molecule has 1 aliphatic heterocycles. The van der Waals surface area contributed by atoms with Crippen molar-refractivity contribution < 1.29 is 14.3 Å². The average Bonchev–Trinajstić information content (AvgIpc) is 3.00. The topological polar surface area (TPSA) is 58.6 Å². The van der Waals surface area contributed by atoms with Crippen molar-refractivity contribution in [3.05, 3.63) is 53.1 Å². The quantitative estimate of drug-likeness (QED) is 0.904. The minimum atomic E-state index is -0.542. The molecular weight excluding hydrogens is 340 g/mol. The maximum Gasteiger partial charge on any atom is 0.247 e. The lowest BCUT2D eigenvalue weighted by atomic mass is 10.1. The van der Waals surface area contributed by atoms with Crippen LogP contribution in [-0.2, 0) is 9.59 Å². The zero-order valence-corrected chi connectivity index (χ0v) is 14.8. The molecule has 0 radical (unpaired) electrons.